The van der Waals surface area contributed by atoms with Crippen molar-refractivity contribution >= 4 is 51.9 Å². The summed E-state index contributed by atoms with van der Waals surface area (Å²) in [6, 6.07) is 19.0. The molecule has 2 aliphatic rings. The Morgan fingerprint density at radius 3 is 2.46 bits per heavy atom. The molecule has 2 amide bonds. The molecule has 2 aliphatic heterocycles. The number of hydrogen-bond acceptors (Lipinski definition) is 7. The third-order valence-corrected chi connectivity index (χ3v) is 6.48. The number of anilines is 3. The summed E-state index contributed by atoms with van der Waals surface area (Å²) in [4.78, 5) is 40.2. The highest BCUT2D eigenvalue weighted by molar-refractivity contribution is 7.80. The zero-order valence-corrected chi connectivity index (χ0v) is 20.5. The van der Waals surface area contributed by atoms with E-state index >= 15 is 0 Å². The number of amides is 2. The van der Waals surface area contributed by atoms with Gasteiger partial charge in [-0.2, -0.15) is 0 Å². The maximum atomic E-state index is 12.7. The molecule has 1 fully saturated rings. The minimum atomic E-state index is -0.564. The van der Waals surface area contributed by atoms with Crippen molar-refractivity contribution < 1.29 is 19.2 Å². The molecule has 188 valence electrons. The van der Waals surface area contributed by atoms with Crippen molar-refractivity contribution in [2.75, 3.05) is 41.4 Å². The second kappa shape index (κ2) is 10.3. The SMILES string of the molecule is O=C(NC(=S)Nc1ccc(N2Cc3ccccc3C2=O)cc1)c1ccc(N2CCOCC2)c([N+](=O)[O-])c1. The summed E-state index contributed by atoms with van der Waals surface area (Å²) in [5, 5.41) is 17.2. The highest BCUT2D eigenvalue weighted by Gasteiger charge is 2.28. The van der Waals surface area contributed by atoms with Gasteiger partial charge in [-0.1, -0.05) is 18.2 Å². The van der Waals surface area contributed by atoms with Gasteiger partial charge in [0.05, 0.1) is 24.7 Å². The number of nitro benzene ring substituents is 1. The molecular weight excluding hydrogens is 494 g/mol. The van der Waals surface area contributed by atoms with Crippen LogP contribution in [0.15, 0.2) is 66.7 Å². The molecule has 11 heteroatoms. The largest absolute Gasteiger partial charge is 0.378 e. The molecule has 0 bridgehead atoms. The molecule has 0 radical (unpaired) electrons. The topological polar surface area (TPSA) is 117 Å². The Labute approximate surface area is 218 Å². The van der Waals surface area contributed by atoms with Crippen molar-refractivity contribution in [2.45, 2.75) is 6.54 Å². The van der Waals surface area contributed by atoms with E-state index in [1.807, 2.05) is 29.2 Å². The van der Waals surface area contributed by atoms with Gasteiger partial charge in [0.25, 0.3) is 17.5 Å². The Kier molecular flexibility index (Phi) is 6.80. The van der Waals surface area contributed by atoms with Crippen LogP contribution in [0.1, 0.15) is 26.3 Å². The summed E-state index contributed by atoms with van der Waals surface area (Å²) >= 11 is 5.27. The van der Waals surface area contributed by atoms with Crippen LogP contribution in [0.25, 0.3) is 0 Å². The number of thiocarbonyl (C=S) groups is 1. The first kappa shape index (κ1) is 24.3. The Morgan fingerprint density at radius 1 is 1.03 bits per heavy atom. The van der Waals surface area contributed by atoms with Crippen LogP contribution < -0.4 is 20.4 Å². The zero-order valence-electron chi connectivity index (χ0n) is 19.7. The van der Waals surface area contributed by atoms with Gasteiger partial charge in [-0.15, -0.1) is 0 Å². The van der Waals surface area contributed by atoms with E-state index in [2.05, 4.69) is 10.6 Å². The molecule has 37 heavy (non-hydrogen) atoms. The number of carbonyl (C=O) groups excluding carboxylic acids is 2. The number of nitrogens with one attached hydrogen (secondary N) is 2. The molecule has 0 atom stereocenters. The van der Waals surface area contributed by atoms with Gasteiger partial charge >= 0.3 is 0 Å². The van der Waals surface area contributed by atoms with Crippen molar-refractivity contribution in [2.24, 2.45) is 0 Å². The Bertz CT molecular complexity index is 1390. The van der Waals surface area contributed by atoms with Crippen LogP contribution >= 0.6 is 12.2 Å². The molecule has 2 N–H and O–H groups in total. The lowest BCUT2D eigenvalue weighted by Crippen LogP contribution is -2.37. The molecule has 0 unspecified atom stereocenters. The number of nitrogens with zero attached hydrogens (tertiary/aromatic N) is 3. The third kappa shape index (κ3) is 5.13. The molecule has 10 nitrogen and oxygen atoms in total. The van der Waals surface area contributed by atoms with Crippen LogP contribution in [-0.2, 0) is 11.3 Å². The summed E-state index contributed by atoms with van der Waals surface area (Å²) < 4.78 is 5.31. The smallest absolute Gasteiger partial charge is 0.293 e. The fourth-order valence-corrected chi connectivity index (χ4v) is 4.62. The van der Waals surface area contributed by atoms with E-state index in [9.17, 15) is 19.7 Å². The number of ether oxygens (including phenoxy) is 1. The van der Waals surface area contributed by atoms with Crippen LogP contribution in [-0.4, -0.2) is 48.2 Å². The van der Waals surface area contributed by atoms with Gasteiger partial charge in [-0.25, -0.2) is 0 Å². The summed E-state index contributed by atoms with van der Waals surface area (Å²) in [5.74, 6) is -0.612. The first-order valence-electron chi connectivity index (χ1n) is 11.6. The van der Waals surface area contributed by atoms with Gasteiger partial charge in [0, 0.05) is 41.7 Å². The lowest BCUT2D eigenvalue weighted by atomic mass is 10.1. The van der Waals surface area contributed by atoms with Crippen molar-refractivity contribution in [1.82, 2.24) is 5.32 Å². The van der Waals surface area contributed by atoms with Gasteiger partial charge in [0.15, 0.2) is 5.11 Å². The molecule has 0 saturated carbocycles. The Hall–Kier alpha value is -4.35. The minimum absolute atomic E-state index is 0.0438. The van der Waals surface area contributed by atoms with Crippen molar-refractivity contribution in [1.29, 1.82) is 0 Å². The van der Waals surface area contributed by atoms with E-state index in [1.165, 1.54) is 12.1 Å². The Balaban J connectivity index is 1.22. The van der Waals surface area contributed by atoms with Gasteiger partial charge in [0.1, 0.15) is 5.69 Å². The van der Waals surface area contributed by atoms with E-state index in [0.717, 1.165) is 11.3 Å². The van der Waals surface area contributed by atoms with Gasteiger partial charge < -0.3 is 19.9 Å². The zero-order chi connectivity index (χ0) is 25.9. The van der Waals surface area contributed by atoms with E-state index < -0.39 is 10.8 Å². The number of rotatable bonds is 5. The molecule has 5 rings (SSSR count). The van der Waals surface area contributed by atoms with Crippen molar-refractivity contribution in [3.63, 3.8) is 0 Å². The van der Waals surface area contributed by atoms with E-state index in [0.29, 0.717) is 49.8 Å². The van der Waals surface area contributed by atoms with Crippen LogP contribution in [0.5, 0.6) is 0 Å². The molecule has 3 aromatic rings. The highest BCUT2D eigenvalue weighted by atomic mass is 32.1. The standard InChI is InChI=1S/C26H23N5O5S/c32-24(17-5-10-22(23(15-17)31(34)35)29-11-13-36-14-12-29)28-26(37)27-19-6-8-20(9-7-19)30-16-18-3-1-2-4-21(18)25(30)33/h1-10,15H,11-14,16H2,(H2,27,28,32,37). The van der Waals surface area contributed by atoms with E-state index in [1.54, 1.807) is 35.2 Å². The van der Waals surface area contributed by atoms with Crippen molar-refractivity contribution in [3.8, 4) is 0 Å². The average molecular weight is 518 g/mol. The lowest BCUT2D eigenvalue weighted by Gasteiger charge is -2.28. The molecule has 0 aliphatic carbocycles. The number of carbonyl (C=O) groups is 2. The second-order valence-electron chi connectivity index (χ2n) is 8.56. The number of morpholine rings is 1. The van der Waals surface area contributed by atoms with E-state index in [-0.39, 0.29) is 22.3 Å². The fourth-order valence-electron chi connectivity index (χ4n) is 4.41. The monoisotopic (exact) mass is 517 g/mol. The number of hydrogen-bond donors (Lipinski definition) is 2. The summed E-state index contributed by atoms with van der Waals surface area (Å²) in [5.41, 5.74) is 3.47. The normalized spacial score (nSPS) is 14.8. The molecular formula is C26H23N5O5S. The summed E-state index contributed by atoms with van der Waals surface area (Å²) in [7, 11) is 0. The predicted molar refractivity (Wildman–Crippen MR) is 143 cm³/mol. The quantitative estimate of drug-likeness (QED) is 0.299. The summed E-state index contributed by atoms with van der Waals surface area (Å²) in [6.45, 7) is 2.56. The first-order valence-corrected chi connectivity index (χ1v) is 12.0. The number of nitro groups is 1. The number of fused-ring (bicyclic) bond motifs is 1. The maximum Gasteiger partial charge on any atom is 0.293 e. The van der Waals surface area contributed by atoms with Crippen LogP contribution in [0.2, 0.25) is 0 Å². The minimum Gasteiger partial charge on any atom is -0.378 e. The lowest BCUT2D eigenvalue weighted by molar-refractivity contribution is -0.384. The van der Waals surface area contributed by atoms with Gasteiger partial charge in [-0.05, 0) is 60.2 Å². The number of benzene rings is 3. The Morgan fingerprint density at radius 2 is 1.76 bits per heavy atom. The van der Waals surface area contributed by atoms with Crippen LogP contribution in [0, 0.1) is 10.1 Å². The molecule has 0 spiro atoms. The molecule has 0 aromatic heterocycles. The van der Waals surface area contributed by atoms with Gasteiger partial charge in [0.2, 0.25) is 0 Å². The predicted octanol–water partition coefficient (Wildman–Crippen LogP) is 3.72. The second-order valence-corrected chi connectivity index (χ2v) is 8.97. The molecule has 1 saturated heterocycles. The highest BCUT2D eigenvalue weighted by Crippen LogP contribution is 2.31. The summed E-state index contributed by atoms with van der Waals surface area (Å²) in [6.07, 6.45) is 0. The van der Waals surface area contributed by atoms with Gasteiger partial charge in [-0.3, -0.25) is 25.0 Å². The van der Waals surface area contributed by atoms with Crippen LogP contribution in [0.4, 0.5) is 22.7 Å². The van der Waals surface area contributed by atoms with E-state index in [4.69, 9.17) is 17.0 Å². The molecule has 3 aromatic carbocycles. The maximum absolute atomic E-state index is 12.7. The third-order valence-electron chi connectivity index (χ3n) is 6.27. The average Bonchev–Trinajstić information content (AvgIpc) is 3.25. The fraction of sp³-hybridized carbons (Fsp3) is 0.192. The first-order chi connectivity index (χ1) is 17.9. The van der Waals surface area contributed by atoms with Crippen LogP contribution in [0.3, 0.4) is 0 Å². The molecule has 2 heterocycles. The van der Waals surface area contributed by atoms with Crippen molar-refractivity contribution in [3.05, 3.63) is 93.5 Å².